The zero-order valence-electron chi connectivity index (χ0n) is 16.2. The summed E-state index contributed by atoms with van der Waals surface area (Å²) in [5.74, 6) is 4.52. The van der Waals surface area contributed by atoms with Gasteiger partial charge in [0.15, 0.2) is 0 Å². The van der Waals surface area contributed by atoms with E-state index in [0.29, 0.717) is 24.2 Å². The quantitative estimate of drug-likeness (QED) is 0.686. The Morgan fingerprint density at radius 2 is 1.68 bits per heavy atom. The minimum absolute atomic E-state index is 0.0762. The lowest BCUT2D eigenvalue weighted by Gasteiger charge is -2.57. The molecule has 0 aliphatic heterocycles. The number of hydrogen-bond acceptors (Lipinski definition) is 3. The lowest BCUT2D eigenvalue weighted by Crippen LogP contribution is -2.55. The Balaban J connectivity index is 1.91. The lowest BCUT2D eigenvalue weighted by atomic mass is 9.48. The van der Waals surface area contributed by atoms with Crippen LogP contribution in [0.4, 0.5) is 0 Å². The molecule has 0 heterocycles. The standard InChI is InChI=1S/C22H36O3/c1-5-22(25)11-8-19-17(14-24)18(7-10-21(19,22)4)20(3)9-6-15(2)12-16(20)13-23/h1,15-19,23-25H,6-14H2,2-4H3/t15-,16+,17+,18-,19-,20-,21-,22-/m0/s1. The van der Waals surface area contributed by atoms with Gasteiger partial charge in [0, 0.05) is 18.6 Å². The molecule has 3 aliphatic rings. The number of fused-ring (bicyclic) bond motifs is 1. The highest BCUT2D eigenvalue weighted by Crippen LogP contribution is 2.64. The normalized spacial score (nSPS) is 53.2. The number of hydrogen-bond donors (Lipinski definition) is 3. The molecular weight excluding hydrogens is 312 g/mol. The molecule has 0 bridgehead atoms. The van der Waals surface area contributed by atoms with Crippen molar-refractivity contribution >= 4 is 0 Å². The Bertz CT molecular complexity index is 540. The fourth-order valence-corrected chi connectivity index (χ4v) is 7.02. The van der Waals surface area contributed by atoms with Crippen molar-refractivity contribution in [2.24, 2.45) is 40.4 Å². The second kappa shape index (κ2) is 6.55. The van der Waals surface area contributed by atoms with Crippen LogP contribution in [0.5, 0.6) is 0 Å². The van der Waals surface area contributed by atoms with Crippen LogP contribution in [0.2, 0.25) is 0 Å². The Morgan fingerprint density at radius 3 is 2.28 bits per heavy atom. The van der Waals surface area contributed by atoms with E-state index in [1.165, 1.54) is 6.42 Å². The third-order valence-electron chi connectivity index (χ3n) is 8.90. The molecule has 3 heteroatoms. The summed E-state index contributed by atoms with van der Waals surface area (Å²) in [5, 5.41) is 31.4. The van der Waals surface area contributed by atoms with E-state index in [0.717, 1.165) is 32.1 Å². The molecule has 25 heavy (non-hydrogen) atoms. The molecule has 0 aromatic carbocycles. The molecule has 0 saturated heterocycles. The van der Waals surface area contributed by atoms with Crippen LogP contribution in [0.25, 0.3) is 0 Å². The number of terminal acetylenes is 1. The summed E-state index contributed by atoms with van der Waals surface area (Å²) in [5.41, 5.74) is -1.25. The fraction of sp³-hybridized carbons (Fsp3) is 0.909. The van der Waals surface area contributed by atoms with Crippen LogP contribution >= 0.6 is 0 Å². The molecule has 3 saturated carbocycles. The van der Waals surface area contributed by atoms with Gasteiger partial charge < -0.3 is 15.3 Å². The average molecular weight is 349 g/mol. The summed E-state index contributed by atoms with van der Waals surface area (Å²) in [6, 6.07) is 0. The van der Waals surface area contributed by atoms with E-state index in [9.17, 15) is 15.3 Å². The van der Waals surface area contributed by atoms with Gasteiger partial charge in [-0.15, -0.1) is 6.42 Å². The monoisotopic (exact) mass is 348 g/mol. The first-order valence-corrected chi connectivity index (χ1v) is 10.2. The summed E-state index contributed by atoms with van der Waals surface area (Å²) in [4.78, 5) is 0. The van der Waals surface area contributed by atoms with E-state index in [2.05, 4.69) is 26.7 Å². The van der Waals surface area contributed by atoms with Crippen LogP contribution in [-0.2, 0) is 0 Å². The highest BCUT2D eigenvalue weighted by molar-refractivity contribution is 5.23. The van der Waals surface area contributed by atoms with E-state index in [1.807, 2.05) is 0 Å². The second-order valence-corrected chi connectivity index (χ2v) is 9.82. The van der Waals surface area contributed by atoms with Crippen LogP contribution in [0.15, 0.2) is 0 Å². The zero-order valence-corrected chi connectivity index (χ0v) is 16.2. The van der Waals surface area contributed by atoms with E-state index in [4.69, 9.17) is 6.42 Å². The Morgan fingerprint density at radius 1 is 1.00 bits per heavy atom. The molecule has 3 aliphatic carbocycles. The van der Waals surface area contributed by atoms with Gasteiger partial charge in [-0.05, 0) is 73.5 Å². The maximum atomic E-state index is 11.0. The van der Waals surface area contributed by atoms with E-state index >= 15 is 0 Å². The molecule has 142 valence electrons. The number of aliphatic hydroxyl groups excluding tert-OH is 2. The average Bonchev–Trinajstić information content (AvgIpc) is 2.88. The van der Waals surface area contributed by atoms with Gasteiger partial charge in [-0.1, -0.05) is 33.1 Å². The lowest BCUT2D eigenvalue weighted by molar-refractivity contribution is -0.129. The zero-order chi connectivity index (χ0) is 18.5. The molecule has 0 radical (unpaired) electrons. The number of rotatable bonds is 3. The van der Waals surface area contributed by atoms with Crippen molar-refractivity contribution in [3.8, 4) is 12.3 Å². The first kappa shape index (κ1) is 19.2. The smallest absolute Gasteiger partial charge is 0.130 e. The summed E-state index contributed by atoms with van der Waals surface area (Å²) >= 11 is 0. The van der Waals surface area contributed by atoms with Gasteiger partial charge >= 0.3 is 0 Å². The molecule has 3 fully saturated rings. The van der Waals surface area contributed by atoms with Crippen molar-refractivity contribution in [1.82, 2.24) is 0 Å². The molecule has 0 amide bonds. The molecule has 3 rings (SSSR count). The van der Waals surface area contributed by atoms with Gasteiger partial charge in [-0.3, -0.25) is 0 Å². The topological polar surface area (TPSA) is 60.7 Å². The molecule has 0 aromatic rings. The molecule has 0 aromatic heterocycles. The maximum Gasteiger partial charge on any atom is 0.130 e. The van der Waals surface area contributed by atoms with E-state index in [1.54, 1.807) is 0 Å². The van der Waals surface area contributed by atoms with Gasteiger partial charge in [0.05, 0.1) is 0 Å². The Labute approximate surface area is 153 Å². The van der Waals surface area contributed by atoms with Crippen LogP contribution in [0.3, 0.4) is 0 Å². The van der Waals surface area contributed by atoms with E-state index in [-0.39, 0.29) is 35.9 Å². The highest BCUT2D eigenvalue weighted by atomic mass is 16.3. The maximum absolute atomic E-state index is 11.0. The Hall–Kier alpha value is -0.560. The minimum Gasteiger partial charge on any atom is -0.396 e. The third kappa shape index (κ3) is 2.68. The van der Waals surface area contributed by atoms with E-state index < -0.39 is 5.60 Å². The van der Waals surface area contributed by atoms with Gasteiger partial charge in [-0.25, -0.2) is 0 Å². The summed E-state index contributed by atoms with van der Waals surface area (Å²) in [6.07, 6.45) is 12.6. The molecule has 0 unspecified atom stereocenters. The largest absolute Gasteiger partial charge is 0.396 e. The molecule has 3 nitrogen and oxygen atoms in total. The predicted octanol–water partition coefficient (Wildman–Crippen LogP) is 3.22. The van der Waals surface area contributed by atoms with Crippen molar-refractivity contribution in [1.29, 1.82) is 0 Å². The van der Waals surface area contributed by atoms with Gasteiger partial charge in [0.2, 0.25) is 0 Å². The SMILES string of the molecule is C#C[C@]1(O)CC[C@H]2[C@H](CO)[C@@H]([C@@]3(C)CC[C@H](C)C[C@@H]3CO)CC[C@@]21C. The number of aliphatic hydroxyl groups is 3. The third-order valence-corrected chi connectivity index (χ3v) is 8.90. The summed E-state index contributed by atoms with van der Waals surface area (Å²) in [7, 11) is 0. The Kier molecular flexibility index (Phi) is 5.04. The van der Waals surface area contributed by atoms with Gasteiger partial charge in [0.25, 0.3) is 0 Å². The van der Waals surface area contributed by atoms with Crippen LogP contribution < -0.4 is 0 Å². The van der Waals surface area contributed by atoms with Crippen LogP contribution in [0.1, 0.15) is 65.7 Å². The second-order valence-electron chi connectivity index (χ2n) is 9.82. The summed E-state index contributed by atoms with van der Waals surface area (Å²) in [6.45, 7) is 7.17. The molecule has 0 spiro atoms. The van der Waals surface area contributed by atoms with Gasteiger partial charge in [-0.2, -0.15) is 0 Å². The van der Waals surface area contributed by atoms with Gasteiger partial charge in [0.1, 0.15) is 5.60 Å². The van der Waals surface area contributed by atoms with Crippen molar-refractivity contribution in [2.45, 2.75) is 71.3 Å². The van der Waals surface area contributed by atoms with Crippen LogP contribution in [0, 0.1) is 52.8 Å². The molecule has 8 atom stereocenters. The highest BCUT2D eigenvalue weighted by Gasteiger charge is 2.63. The molecule has 3 N–H and O–H groups in total. The van der Waals surface area contributed by atoms with Crippen molar-refractivity contribution in [2.75, 3.05) is 13.2 Å². The minimum atomic E-state index is -1.03. The van der Waals surface area contributed by atoms with Crippen molar-refractivity contribution < 1.29 is 15.3 Å². The fourth-order valence-electron chi connectivity index (χ4n) is 7.02. The molecular formula is C22H36O3. The predicted molar refractivity (Wildman–Crippen MR) is 99.6 cm³/mol. The summed E-state index contributed by atoms with van der Waals surface area (Å²) < 4.78 is 0. The van der Waals surface area contributed by atoms with Crippen molar-refractivity contribution in [3.05, 3.63) is 0 Å². The first-order valence-electron chi connectivity index (χ1n) is 10.2. The first-order chi connectivity index (χ1) is 11.8. The van der Waals surface area contributed by atoms with Crippen LogP contribution in [-0.4, -0.2) is 34.1 Å². The van der Waals surface area contributed by atoms with Crippen molar-refractivity contribution in [3.63, 3.8) is 0 Å².